The fraction of sp³-hybridized carbons (Fsp3) is 0.435. The number of hydrogen-bond donors (Lipinski definition) is 1. The third-order valence-electron chi connectivity index (χ3n) is 5.36. The molecule has 30 heavy (non-hydrogen) atoms. The van der Waals surface area contributed by atoms with Crippen LogP contribution in [0.5, 0.6) is 0 Å². The number of carbonyl (C=O) groups excluding carboxylic acids is 1. The fourth-order valence-corrected chi connectivity index (χ4v) is 5.09. The summed E-state index contributed by atoms with van der Waals surface area (Å²) in [7, 11) is -3.85. The van der Waals surface area contributed by atoms with Crippen LogP contribution in [-0.4, -0.2) is 51.9 Å². The van der Waals surface area contributed by atoms with Gasteiger partial charge in [0.1, 0.15) is 6.54 Å². The maximum Gasteiger partial charge on any atom is 0.264 e. The number of nitrogens with zero attached hydrogens (tertiary/aromatic N) is 2. The number of anilines is 1. The van der Waals surface area contributed by atoms with Crippen molar-refractivity contribution in [2.45, 2.75) is 37.5 Å². The lowest BCUT2D eigenvalue weighted by Crippen LogP contribution is -2.41. The van der Waals surface area contributed by atoms with Crippen molar-refractivity contribution < 1.29 is 13.2 Å². The van der Waals surface area contributed by atoms with Crippen LogP contribution in [0.3, 0.4) is 0 Å². The third kappa shape index (κ3) is 6.06. The number of amides is 1. The quantitative estimate of drug-likeness (QED) is 0.622. The molecule has 1 aliphatic rings. The summed E-state index contributed by atoms with van der Waals surface area (Å²) >= 11 is 0. The van der Waals surface area contributed by atoms with Gasteiger partial charge in [-0.3, -0.25) is 9.10 Å². The first-order valence-corrected chi connectivity index (χ1v) is 12.0. The van der Waals surface area contributed by atoms with Crippen molar-refractivity contribution in [2.75, 3.05) is 37.0 Å². The minimum atomic E-state index is -3.85. The van der Waals surface area contributed by atoms with Crippen LogP contribution in [0.4, 0.5) is 5.69 Å². The lowest BCUT2D eigenvalue weighted by Gasteiger charge is -2.26. The van der Waals surface area contributed by atoms with Crippen LogP contribution in [0, 0.1) is 6.92 Å². The minimum Gasteiger partial charge on any atom is -0.354 e. The van der Waals surface area contributed by atoms with Gasteiger partial charge in [-0.25, -0.2) is 8.42 Å². The van der Waals surface area contributed by atoms with E-state index in [9.17, 15) is 13.2 Å². The van der Waals surface area contributed by atoms with Gasteiger partial charge in [-0.05, 0) is 70.1 Å². The molecule has 7 heteroatoms. The fourth-order valence-electron chi connectivity index (χ4n) is 3.65. The lowest BCUT2D eigenvalue weighted by atomic mass is 10.1. The van der Waals surface area contributed by atoms with E-state index in [0.717, 1.165) is 31.6 Å². The van der Waals surface area contributed by atoms with Gasteiger partial charge < -0.3 is 10.2 Å². The van der Waals surface area contributed by atoms with E-state index in [0.29, 0.717) is 12.2 Å². The number of carbonyl (C=O) groups is 1. The molecule has 1 amide bonds. The number of nitrogens with one attached hydrogen (secondary N) is 1. The first-order chi connectivity index (χ1) is 14.5. The highest BCUT2D eigenvalue weighted by Crippen LogP contribution is 2.23. The van der Waals surface area contributed by atoms with E-state index in [1.165, 1.54) is 23.6 Å². The molecule has 0 saturated carbocycles. The van der Waals surface area contributed by atoms with Gasteiger partial charge in [-0.15, -0.1) is 0 Å². The van der Waals surface area contributed by atoms with Gasteiger partial charge in [-0.1, -0.05) is 42.3 Å². The minimum absolute atomic E-state index is 0.170. The molecular formula is C23H31N3O3S. The predicted octanol–water partition coefficient (Wildman–Crippen LogP) is 3.18. The highest BCUT2D eigenvalue weighted by Gasteiger charge is 2.27. The lowest BCUT2D eigenvalue weighted by molar-refractivity contribution is -0.119. The SMILES string of the molecule is Cc1ccc(N(CC(=O)NCCCN2CCCCC2)S(=O)(=O)c2ccccc2)cc1. The zero-order chi connectivity index (χ0) is 21.4. The van der Waals surface area contributed by atoms with Crippen LogP contribution >= 0.6 is 0 Å². The Balaban J connectivity index is 1.65. The Morgan fingerprint density at radius 1 is 1.00 bits per heavy atom. The van der Waals surface area contributed by atoms with Crippen molar-refractivity contribution in [2.24, 2.45) is 0 Å². The number of piperidine rings is 1. The molecule has 2 aromatic carbocycles. The number of hydrogen-bond acceptors (Lipinski definition) is 4. The summed E-state index contributed by atoms with van der Waals surface area (Å²) in [6.07, 6.45) is 4.66. The molecule has 0 aliphatic carbocycles. The third-order valence-corrected chi connectivity index (χ3v) is 7.15. The molecule has 0 atom stereocenters. The largest absolute Gasteiger partial charge is 0.354 e. The molecule has 0 radical (unpaired) electrons. The van der Waals surface area contributed by atoms with Crippen molar-refractivity contribution in [3.8, 4) is 0 Å². The smallest absolute Gasteiger partial charge is 0.264 e. The average Bonchev–Trinajstić information content (AvgIpc) is 2.77. The summed E-state index contributed by atoms with van der Waals surface area (Å²) in [4.78, 5) is 15.2. The molecular weight excluding hydrogens is 398 g/mol. The Kier molecular flexibility index (Phi) is 7.87. The Bertz CT molecular complexity index is 908. The summed E-state index contributed by atoms with van der Waals surface area (Å²) in [6.45, 7) is 5.46. The molecule has 0 aromatic heterocycles. The van der Waals surface area contributed by atoms with Gasteiger partial charge in [0.05, 0.1) is 10.6 Å². The summed E-state index contributed by atoms with van der Waals surface area (Å²) in [5.74, 6) is -0.297. The Labute approximate surface area is 179 Å². The molecule has 1 aliphatic heterocycles. The number of benzene rings is 2. The van der Waals surface area contributed by atoms with Crippen LogP contribution in [0.25, 0.3) is 0 Å². The average molecular weight is 430 g/mol. The number of aryl methyl sites for hydroxylation is 1. The highest BCUT2D eigenvalue weighted by atomic mass is 32.2. The topological polar surface area (TPSA) is 69.7 Å². The van der Waals surface area contributed by atoms with Crippen LogP contribution < -0.4 is 9.62 Å². The van der Waals surface area contributed by atoms with Crippen molar-refractivity contribution in [3.63, 3.8) is 0 Å². The molecule has 0 spiro atoms. The van der Waals surface area contributed by atoms with Crippen LogP contribution in [-0.2, 0) is 14.8 Å². The summed E-state index contributed by atoms with van der Waals surface area (Å²) < 4.78 is 27.6. The van der Waals surface area contributed by atoms with E-state index in [2.05, 4.69) is 10.2 Å². The Morgan fingerprint density at radius 3 is 2.33 bits per heavy atom. The van der Waals surface area contributed by atoms with E-state index < -0.39 is 10.0 Å². The monoisotopic (exact) mass is 429 g/mol. The Morgan fingerprint density at radius 2 is 1.67 bits per heavy atom. The van der Waals surface area contributed by atoms with Crippen molar-refractivity contribution in [3.05, 3.63) is 60.2 Å². The van der Waals surface area contributed by atoms with Crippen LogP contribution in [0.1, 0.15) is 31.2 Å². The molecule has 1 heterocycles. The summed E-state index contributed by atoms with van der Waals surface area (Å²) in [5.41, 5.74) is 1.51. The molecule has 0 bridgehead atoms. The second-order valence-corrected chi connectivity index (χ2v) is 9.63. The number of sulfonamides is 1. The van der Waals surface area contributed by atoms with E-state index in [1.807, 2.05) is 19.1 Å². The second kappa shape index (κ2) is 10.6. The zero-order valence-electron chi connectivity index (χ0n) is 17.6. The molecule has 3 rings (SSSR count). The summed E-state index contributed by atoms with van der Waals surface area (Å²) in [5, 5.41) is 2.89. The predicted molar refractivity (Wildman–Crippen MR) is 120 cm³/mol. The van der Waals surface area contributed by atoms with Crippen LogP contribution in [0.15, 0.2) is 59.5 Å². The first-order valence-electron chi connectivity index (χ1n) is 10.6. The molecule has 162 valence electrons. The van der Waals surface area contributed by atoms with E-state index >= 15 is 0 Å². The molecule has 6 nitrogen and oxygen atoms in total. The van der Waals surface area contributed by atoms with Gasteiger partial charge in [-0.2, -0.15) is 0 Å². The van der Waals surface area contributed by atoms with E-state index in [1.54, 1.807) is 42.5 Å². The van der Waals surface area contributed by atoms with Crippen molar-refractivity contribution in [1.29, 1.82) is 0 Å². The molecule has 2 aromatic rings. The number of rotatable bonds is 9. The standard InChI is InChI=1S/C23H31N3O3S/c1-20-11-13-21(14-12-20)26(30(28,29)22-9-4-2-5-10-22)19-23(27)24-15-8-18-25-16-6-3-7-17-25/h2,4-5,9-14H,3,6-8,15-19H2,1H3,(H,24,27). The normalized spacial score (nSPS) is 15.0. The van der Waals surface area contributed by atoms with Gasteiger partial charge in [0.15, 0.2) is 0 Å². The zero-order valence-corrected chi connectivity index (χ0v) is 18.4. The molecule has 0 unspecified atom stereocenters. The van der Waals surface area contributed by atoms with Crippen LogP contribution in [0.2, 0.25) is 0 Å². The first kappa shape index (κ1) is 22.3. The molecule has 1 N–H and O–H groups in total. The van der Waals surface area contributed by atoms with Crippen molar-refractivity contribution >= 4 is 21.6 Å². The van der Waals surface area contributed by atoms with Gasteiger partial charge in [0.25, 0.3) is 10.0 Å². The highest BCUT2D eigenvalue weighted by molar-refractivity contribution is 7.92. The van der Waals surface area contributed by atoms with Gasteiger partial charge in [0, 0.05) is 6.54 Å². The summed E-state index contributed by atoms with van der Waals surface area (Å²) in [6, 6.07) is 15.4. The van der Waals surface area contributed by atoms with Crippen molar-refractivity contribution in [1.82, 2.24) is 10.2 Å². The van der Waals surface area contributed by atoms with E-state index in [4.69, 9.17) is 0 Å². The second-order valence-electron chi connectivity index (χ2n) is 7.77. The maximum atomic E-state index is 13.2. The maximum absolute atomic E-state index is 13.2. The van der Waals surface area contributed by atoms with Gasteiger partial charge >= 0.3 is 0 Å². The molecule has 1 fully saturated rings. The Hall–Kier alpha value is -2.38. The number of likely N-dealkylation sites (tertiary alicyclic amines) is 1. The molecule has 1 saturated heterocycles. The van der Waals surface area contributed by atoms with Gasteiger partial charge in [0.2, 0.25) is 5.91 Å². The van der Waals surface area contributed by atoms with E-state index in [-0.39, 0.29) is 17.3 Å².